The van der Waals surface area contributed by atoms with Crippen molar-refractivity contribution in [2.24, 2.45) is 0 Å². The Balaban J connectivity index is 1.43. The van der Waals surface area contributed by atoms with Gasteiger partial charge in [0.25, 0.3) is 5.91 Å². The topological polar surface area (TPSA) is 80.8 Å². The van der Waals surface area contributed by atoms with E-state index in [2.05, 4.69) is 15.0 Å². The molecule has 0 unspecified atom stereocenters. The molecule has 1 saturated heterocycles. The Kier molecular flexibility index (Phi) is 6.76. The molecule has 2 amide bonds. The summed E-state index contributed by atoms with van der Waals surface area (Å²) in [5.74, 6) is -0.00585. The average Bonchev–Trinajstić information content (AvgIpc) is 3.15. The molecule has 0 aliphatic carbocycles. The maximum absolute atomic E-state index is 12.2. The van der Waals surface area contributed by atoms with Crippen molar-refractivity contribution in [3.63, 3.8) is 0 Å². The highest BCUT2D eigenvalue weighted by molar-refractivity contribution is 5.95. The van der Waals surface area contributed by atoms with Gasteiger partial charge in [-0.05, 0) is 42.3 Å². The number of benzene rings is 1. The number of aromatic nitrogens is 1. The second kappa shape index (κ2) is 9.47. The van der Waals surface area contributed by atoms with Crippen LogP contribution in [-0.4, -0.2) is 42.7 Å². The number of alkyl halides is 3. The zero-order valence-electron chi connectivity index (χ0n) is 15.9. The van der Waals surface area contributed by atoms with Crippen molar-refractivity contribution in [3.05, 3.63) is 48.2 Å². The number of amides is 2. The molecule has 1 aliphatic heterocycles. The first-order valence-corrected chi connectivity index (χ1v) is 9.24. The minimum atomic E-state index is -4.45. The predicted molar refractivity (Wildman–Crippen MR) is 101 cm³/mol. The first-order valence-electron chi connectivity index (χ1n) is 9.24. The average molecular weight is 423 g/mol. The third kappa shape index (κ3) is 6.36. The van der Waals surface area contributed by atoms with Crippen molar-refractivity contribution in [2.75, 3.05) is 24.7 Å². The van der Waals surface area contributed by atoms with Crippen LogP contribution in [0, 0.1) is 0 Å². The minimum absolute atomic E-state index is 0.0864. The fourth-order valence-corrected chi connectivity index (χ4v) is 2.84. The SMILES string of the molecule is O=C(COc1ccc(N2CCCC2=O)cc1)NCc1ccnc(OCC(F)(F)F)c1. The number of pyridine rings is 1. The van der Waals surface area contributed by atoms with E-state index in [-0.39, 0.29) is 24.9 Å². The Morgan fingerprint density at radius 2 is 1.93 bits per heavy atom. The lowest BCUT2D eigenvalue weighted by Crippen LogP contribution is -2.28. The van der Waals surface area contributed by atoms with E-state index in [9.17, 15) is 22.8 Å². The number of anilines is 1. The summed E-state index contributed by atoms with van der Waals surface area (Å²) in [4.78, 5) is 29.1. The quantitative estimate of drug-likeness (QED) is 0.706. The largest absolute Gasteiger partial charge is 0.484 e. The van der Waals surface area contributed by atoms with Gasteiger partial charge in [-0.3, -0.25) is 9.59 Å². The number of nitrogens with one attached hydrogen (secondary N) is 1. The molecule has 1 fully saturated rings. The van der Waals surface area contributed by atoms with E-state index in [1.54, 1.807) is 35.2 Å². The van der Waals surface area contributed by atoms with Crippen molar-refractivity contribution in [2.45, 2.75) is 25.6 Å². The number of carbonyl (C=O) groups is 2. The molecule has 0 spiro atoms. The maximum atomic E-state index is 12.2. The molecule has 3 rings (SSSR count). The van der Waals surface area contributed by atoms with Gasteiger partial charge in [-0.2, -0.15) is 13.2 Å². The number of rotatable bonds is 8. The molecule has 0 radical (unpaired) electrons. The lowest BCUT2D eigenvalue weighted by atomic mass is 10.2. The van der Waals surface area contributed by atoms with Gasteiger partial charge >= 0.3 is 6.18 Å². The summed E-state index contributed by atoms with van der Waals surface area (Å²) >= 11 is 0. The van der Waals surface area contributed by atoms with Gasteiger partial charge in [-0.15, -0.1) is 0 Å². The van der Waals surface area contributed by atoms with Crippen molar-refractivity contribution >= 4 is 17.5 Å². The van der Waals surface area contributed by atoms with Crippen LogP contribution in [0.2, 0.25) is 0 Å². The Bertz CT molecular complexity index is 888. The van der Waals surface area contributed by atoms with Crippen LogP contribution in [0.5, 0.6) is 11.6 Å². The summed E-state index contributed by atoms with van der Waals surface area (Å²) in [5, 5.41) is 2.61. The molecule has 1 aromatic heterocycles. The van der Waals surface area contributed by atoms with E-state index in [1.807, 2.05) is 0 Å². The fraction of sp³-hybridized carbons (Fsp3) is 0.350. The molecule has 2 aromatic rings. The van der Waals surface area contributed by atoms with Gasteiger partial charge in [-0.25, -0.2) is 4.98 Å². The molecular formula is C20H20F3N3O4. The molecule has 2 heterocycles. The molecule has 30 heavy (non-hydrogen) atoms. The standard InChI is InChI=1S/C20H20F3N3O4/c21-20(22,23)13-30-18-10-14(7-8-24-18)11-25-17(27)12-29-16-5-3-15(4-6-16)26-9-1-2-19(26)28/h3-8,10H,1-2,9,11-13H2,(H,25,27). The van der Waals surface area contributed by atoms with Crippen LogP contribution < -0.4 is 19.7 Å². The number of ether oxygens (including phenoxy) is 2. The van der Waals surface area contributed by atoms with E-state index in [0.717, 1.165) is 12.1 Å². The molecule has 160 valence electrons. The molecule has 0 atom stereocenters. The number of hydrogen-bond donors (Lipinski definition) is 1. The molecule has 10 heteroatoms. The molecule has 1 aliphatic rings. The van der Waals surface area contributed by atoms with Crippen molar-refractivity contribution in [1.82, 2.24) is 10.3 Å². The summed E-state index contributed by atoms with van der Waals surface area (Å²) in [5.41, 5.74) is 1.32. The van der Waals surface area contributed by atoms with Crippen LogP contribution in [0.3, 0.4) is 0 Å². The van der Waals surface area contributed by atoms with Gasteiger partial charge in [0.05, 0.1) is 0 Å². The summed E-state index contributed by atoms with van der Waals surface area (Å²) in [6.07, 6.45) is -1.77. The van der Waals surface area contributed by atoms with Crippen LogP contribution in [0.25, 0.3) is 0 Å². The van der Waals surface area contributed by atoms with E-state index >= 15 is 0 Å². The van der Waals surface area contributed by atoms with Crippen LogP contribution in [0.4, 0.5) is 18.9 Å². The number of carbonyl (C=O) groups excluding carboxylic acids is 2. The number of hydrogen-bond acceptors (Lipinski definition) is 5. The molecule has 1 aromatic carbocycles. The summed E-state index contributed by atoms with van der Waals surface area (Å²) < 4.78 is 46.6. The van der Waals surface area contributed by atoms with Crippen LogP contribution in [0.1, 0.15) is 18.4 Å². The van der Waals surface area contributed by atoms with E-state index < -0.39 is 18.7 Å². The normalized spacial score (nSPS) is 14.0. The van der Waals surface area contributed by atoms with Crippen molar-refractivity contribution in [1.29, 1.82) is 0 Å². The number of nitrogens with zero attached hydrogens (tertiary/aromatic N) is 2. The third-order valence-corrected chi connectivity index (χ3v) is 4.26. The van der Waals surface area contributed by atoms with Crippen LogP contribution >= 0.6 is 0 Å². The Morgan fingerprint density at radius 3 is 2.60 bits per heavy atom. The molecule has 7 nitrogen and oxygen atoms in total. The summed E-state index contributed by atoms with van der Waals surface area (Å²) in [7, 11) is 0. The summed E-state index contributed by atoms with van der Waals surface area (Å²) in [6.45, 7) is -0.888. The van der Waals surface area contributed by atoms with Crippen LogP contribution in [-0.2, 0) is 16.1 Å². The van der Waals surface area contributed by atoms with Gasteiger partial charge in [-0.1, -0.05) is 0 Å². The van der Waals surface area contributed by atoms with Gasteiger partial charge in [0.2, 0.25) is 11.8 Å². The lowest BCUT2D eigenvalue weighted by molar-refractivity contribution is -0.154. The first kappa shape index (κ1) is 21.4. The zero-order valence-corrected chi connectivity index (χ0v) is 15.9. The van der Waals surface area contributed by atoms with E-state index in [1.165, 1.54) is 12.3 Å². The molecular weight excluding hydrogens is 403 g/mol. The molecule has 0 saturated carbocycles. The van der Waals surface area contributed by atoms with E-state index in [4.69, 9.17) is 4.74 Å². The third-order valence-electron chi connectivity index (χ3n) is 4.26. The monoisotopic (exact) mass is 423 g/mol. The highest BCUT2D eigenvalue weighted by atomic mass is 19.4. The second-order valence-corrected chi connectivity index (χ2v) is 6.61. The Labute approximate surface area is 170 Å². The smallest absolute Gasteiger partial charge is 0.422 e. The molecule has 0 bridgehead atoms. The highest BCUT2D eigenvalue weighted by Crippen LogP contribution is 2.24. The Morgan fingerprint density at radius 1 is 1.17 bits per heavy atom. The highest BCUT2D eigenvalue weighted by Gasteiger charge is 2.28. The van der Waals surface area contributed by atoms with Gasteiger partial charge in [0.1, 0.15) is 5.75 Å². The second-order valence-electron chi connectivity index (χ2n) is 6.61. The van der Waals surface area contributed by atoms with Gasteiger partial charge in [0.15, 0.2) is 13.2 Å². The van der Waals surface area contributed by atoms with E-state index in [0.29, 0.717) is 24.3 Å². The maximum Gasteiger partial charge on any atom is 0.422 e. The van der Waals surface area contributed by atoms with Crippen molar-refractivity contribution in [3.8, 4) is 11.6 Å². The van der Waals surface area contributed by atoms with Gasteiger partial charge in [0, 0.05) is 37.5 Å². The van der Waals surface area contributed by atoms with Crippen LogP contribution in [0.15, 0.2) is 42.6 Å². The zero-order chi connectivity index (χ0) is 21.6. The summed E-state index contributed by atoms with van der Waals surface area (Å²) in [6, 6.07) is 9.76. The first-order chi connectivity index (χ1) is 14.3. The lowest BCUT2D eigenvalue weighted by Gasteiger charge is -2.16. The minimum Gasteiger partial charge on any atom is -0.484 e. The fourth-order valence-electron chi connectivity index (χ4n) is 2.84. The predicted octanol–water partition coefficient (Wildman–Crippen LogP) is 2.84. The number of halogens is 3. The molecule has 1 N–H and O–H groups in total. The van der Waals surface area contributed by atoms with Gasteiger partial charge < -0.3 is 19.7 Å². The van der Waals surface area contributed by atoms with Crippen molar-refractivity contribution < 1.29 is 32.2 Å². The Hall–Kier alpha value is -3.30.